The molecule has 169 valence electrons. The number of halogens is 3. The van der Waals surface area contributed by atoms with Crippen molar-refractivity contribution < 1.29 is 50.3 Å². The van der Waals surface area contributed by atoms with Crippen LogP contribution < -0.4 is 4.18 Å². The van der Waals surface area contributed by atoms with Crippen molar-refractivity contribution in [3.63, 3.8) is 0 Å². The van der Waals surface area contributed by atoms with Crippen LogP contribution in [0.5, 0.6) is 5.75 Å². The summed E-state index contributed by atoms with van der Waals surface area (Å²) in [6.45, 7) is 4.82. The molecular formula is C19H18F3O8S. The lowest BCUT2D eigenvalue weighted by Crippen LogP contribution is -2.54. The molecule has 5 atom stereocenters. The maximum absolute atomic E-state index is 12.5. The van der Waals surface area contributed by atoms with Crippen molar-refractivity contribution in [2.24, 2.45) is 0 Å². The average molecular weight is 463 g/mol. The van der Waals surface area contributed by atoms with Gasteiger partial charge in [-0.2, -0.15) is 21.6 Å². The van der Waals surface area contributed by atoms with Crippen molar-refractivity contribution >= 4 is 26.9 Å². The number of fused-ring (bicyclic) bond motifs is 1. The third-order valence-corrected chi connectivity index (χ3v) is 5.62. The highest BCUT2D eigenvalue weighted by atomic mass is 32.2. The Morgan fingerprint density at radius 2 is 1.71 bits per heavy atom. The van der Waals surface area contributed by atoms with E-state index in [1.807, 2.05) is 0 Å². The lowest BCUT2D eigenvalue weighted by Gasteiger charge is -2.41. The maximum atomic E-state index is 12.5. The molecule has 2 aromatic carbocycles. The first kappa shape index (κ1) is 23.3. The van der Waals surface area contributed by atoms with Crippen LogP contribution in [0.3, 0.4) is 0 Å². The molecule has 2 N–H and O–H groups in total. The Morgan fingerprint density at radius 1 is 1.10 bits per heavy atom. The van der Waals surface area contributed by atoms with E-state index in [1.54, 1.807) is 0 Å². The molecule has 12 heteroatoms. The predicted octanol–water partition coefficient (Wildman–Crippen LogP) is 2.00. The molecule has 0 unspecified atom stereocenters. The van der Waals surface area contributed by atoms with Gasteiger partial charge in [0.2, 0.25) is 0 Å². The molecule has 2 aromatic rings. The van der Waals surface area contributed by atoms with Crippen molar-refractivity contribution in [2.75, 3.05) is 0 Å². The van der Waals surface area contributed by atoms with Crippen molar-refractivity contribution in [2.45, 2.75) is 43.0 Å². The number of ether oxygens (including phenoxy) is 2. The lowest BCUT2D eigenvalue weighted by atomic mass is 9.90. The molecule has 0 bridgehead atoms. The zero-order valence-electron chi connectivity index (χ0n) is 15.9. The van der Waals surface area contributed by atoms with Crippen molar-refractivity contribution in [1.82, 2.24) is 0 Å². The second-order valence-electron chi connectivity index (χ2n) is 6.90. The van der Waals surface area contributed by atoms with Crippen LogP contribution in [0, 0.1) is 6.92 Å². The van der Waals surface area contributed by atoms with Crippen LogP contribution in [0.2, 0.25) is 0 Å². The fraction of sp³-hybridized carbons (Fsp3) is 0.368. The van der Waals surface area contributed by atoms with Gasteiger partial charge in [0.25, 0.3) is 0 Å². The first-order valence-corrected chi connectivity index (χ1v) is 10.3. The Labute approximate surface area is 175 Å². The molecule has 0 saturated carbocycles. The summed E-state index contributed by atoms with van der Waals surface area (Å²) in [5.41, 5.74) is -5.15. The Kier molecular flexibility index (Phi) is 6.20. The summed E-state index contributed by atoms with van der Waals surface area (Å²) in [6.07, 6.45) is -6.11. The number of esters is 1. The van der Waals surface area contributed by atoms with Crippen LogP contribution >= 0.6 is 0 Å². The second kappa shape index (κ2) is 8.26. The Bertz CT molecular complexity index is 1090. The zero-order chi connectivity index (χ0) is 23.1. The number of carbonyl (C=O) groups excluding carboxylic acids is 1. The van der Waals surface area contributed by atoms with Gasteiger partial charge in [-0.15, -0.1) is 0 Å². The van der Waals surface area contributed by atoms with E-state index in [-0.39, 0.29) is 0 Å². The smallest absolute Gasteiger partial charge is 0.457 e. The molecule has 1 aliphatic heterocycles. The second-order valence-corrected chi connectivity index (χ2v) is 8.44. The van der Waals surface area contributed by atoms with Gasteiger partial charge in [-0.1, -0.05) is 18.2 Å². The lowest BCUT2D eigenvalue weighted by molar-refractivity contribution is -0.224. The summed E-state index contributed by atoms with van der Waals surface area (Å²) in [4.78, 5) is 11.2. The van der Waals surface area contributed by atoms with Gasteiger partial charge in [0, 0.05) is 6.92 Å². The van der Waals surface area contributed by atoms with Crippen LogP contribution in [0.1, 0.15) is 18.6 Å². The van der Waals surface area contributed by atoms with Gasteiger partial charge in [0.1, 0.15) is 24.1 Å². The molecule has 1 heterocycles. The van der Waals surface area contributed by atoms with Gasteiger partial charge >= 0.3 is 21.6 Å². The molecule has 3 rings (SSSR count). The Morgan fingerprint density at radius 3 is 2.32 bits per heavy atom. The third-order valence-electron chi connectivity index (χ3n) is 4.64. The van der Waals surface area contributed by atoms with E-state index in [0.29, 0.717) is 16.3 Å². The molecule has 0 aromatic heterocycles. The number of benzene rings is 2. The van der Waals surface area contributed by atoms with Crippen LogP contribution in [0.25, 0.3) is 10.8 Å². The van der Waals surface area contributed by atoms with Crippen molar-refractivity contribution in [3.8, 4) is 5.75 Å². The highest BCUT2D eigenvalue weighted by Gasteiger charge is 2.48. The first-order valence-electron chi connectivity index (χ1n) is 8.86. The van der Waals surface area contributed by atoms with Gasteiger partial charge < -0.3 is 23.9 Å². The SMILES string of the molecule is [CH2][C@H]1O[C@H](c2ccc3cc(OS(=O)(=O)C(F)(F)F)ccc3c2)[C@@H](O)[C@@H](O)[C@@H]1OC(C)=O. The molecule has 31 heavy (non-hydrogen) atoms. The molecule has 1 radical (unpaired) electrons. The van der Waals surface area contributed by atoms with E-state index in [2.05, 4.69) is 11.1 Å². The standard InChI is InChI=1S/C19H18F3O8S/c1-9-17(29-10(2)23)15(24)16(25)18(28-9)13-4-3-12-8-14(6-5-11(12)7-13)30-31(26,27)19(20,21)22/h3-9,15-18,24-25H,1H2,2H3/t9-,15-,16+,17-,18-/m1/s1. The number of rotatable bonds is 4. The van der Waals surface area contributed by atoms with Crippen molar-refractivity contribution in [1.29, 1.82) is 0 Å². The number of hydrogen-bond donors (Lipinski definition) is 2. The van der Waals surface area contributed by atoms with E-state index < -0.39 is 57.9 Å². The largest absolute Gasteiger partial charge is 0.534 e. The van der Waals surface area contributed by atoms with Crippen LogP contribution in [0.4, 0.5) is 13.2 Å². The predicted molar refractivity (Wildman–Crippen MR) is 100 cm³/mol. The highest BCUT2D eigenvalue weighted by molar-refractivity contribution is 7.88. The maximum Gasteiger partial charge on any atom is 0.534 e. The van der Waals surface area contributed by atoms with Gasteiger partial charge in [0.15, 0.2) is 6.10 Å². The summed E-state index contributed by atoms with van der Waals surface area (Å²) < 4.78 is 74.4. The number of hydrogen-bond acceptors (Lipinski definition) is 8. The van der Waals surface area contributed by atoms with Crippen LogP contribution in [-0.4, -0.2) is 54.5 Å². The number of aliphatic hydroxyl groups is 2. The van der Waals surface area contributed by atoms with Crippen LogP contribution in [-0.2, 0) is 24.4 Å². The van der Waals surface area contributed by atoms with Crippen molar-refractivity contribution in [3.05, 3.63) is 48.9 Å². The zero-order valence-corrected chi connectivity index (χ0v) is 16.8. The molecule has 1 saturated heterocycles. The highest BCUT2D eigenvalue weighted by Crippen LogP contribution is 2.35. The molecule has 0 spiro atoms. The molecule has 0 amide bonds. The summed E-state index contributed by atoms with van der Waals surface area (Å²) >= 11 is 0. The topological polar surface area (TPSA) is 119 Å². The Hall–Kier alpha value is -2.41. The minimum atomic E-state index is -5.80. The van der Waals surface area contributed by atoms with Gasteiger partial charge in [-0.05, 0) is 41.5 Å². The normalized spacial score (nSPS) is 27.1. The van der Waals surface area contributed by atoms with E-state index >= 15 is 0 Å². The minimum absolute atomic E-state index is 0.355. The van der Waals surface area contributed by atoms with Gasteiger partial charge in [-0.25, -0.2) is 0 Å². The van der Waals surface area contributed by atoms with Gasteiger partial charge in [0.05, 0.1) is 6.10 Å². The third kappa shape index (κ3) is 4.76. The van der Waals surface area contributed by atoms with E-state index in [0.717, 1.165) is 19.1 Å². The quantitative estimate of drug-likeness (QED) is 0.402. The molecule has 1 aliphatic rings. The number of alkyl halides is 3. The minimum Gasteiger partial charge on any atom is -0.457 e. The summed E-state index contributed by atoms with van der Waals surface area (Å²) in [5, 5.41) is 21.6. The molecule has 8 nitrogen and oxygen atoms in total. The fourth-order valence-corrected chi connectivity index (χ4v) is 3.65. The fourth-order valence-electron chi connectivity index (χ4n) is 3.20. The summed E-state index contributed by atoms with van der Waals surface area (Å²) in [6, 6.07) is 7.95. The summed E-state index contributed by atoms with van der Waals surface area (Å²) in [5.74, 6) is -1.20. The van der Waals surface area contributed by atoms with Crippen LogP contribution in [0.15, 0.2) is 36.4 Å². The van der Waals surface area contributed by atoms with E-state index in [1.165, 1.54) is 24.3 Å². The Balaban J connectivity index is 1.86. The van der Waals surface area contributed by atoms with Gasteiger partial charge in [-0.3, -0.25) is 4.79 Å². The average Bonchev–Trinajstić information content (AvgIpc) is 2.66. The number of aliphatic hydroxyl groups excluding tert-OH is 2. The monoisotopic (exact) mass is 463 g/mol. The molecule has 1 fully saturated rings. The molecule has 0 aliphatic carbocycles. The molecular weight excluding hydrogens is 445 g/mol. The summed E-state index contributed by atoms with van der Waals surface area (Å²) in [7, 11) is -5.80. The van der Waals surface area contributed by atoms with E-state index in [9.17, 15) is 36.6 Å². The van der Waals surface area contributed by atoms with E-state index in [4.69, 9.17) is 9.47 Å². The number of carbonyl (C=O) groups is 1. The first-order chi connectivity index (χ1) is 14.3.